The minimum absolute atomic E-state index is 0.0340. The molecule has 13 atom stereocenters. The Labute approximate surface area is 283 Å². The Bertz CT molecular complexity index is 1310. The van der Waals surface area contributed by atoms with Gasteiger partial charge in [0.05, 0.1) is 24.7 Å². The minimum Gasteiger partial charge on any atom is -0.691 e. The third kappa shape index (κ3) is 7.32. The Morgan fingerprint density at radius 3 is 2.52 bits per heavy atom. The number of fused-ring (bicyclic) bond motifs is 3. The molecule has 2 bridgehead atoms. The minimum atomic E-state index is -5.26. The van der Waals surface area contributed by atoms with Crippen LogP contribution in [-0.2, 0) is 51.9 Å². The lowest BCUT2D eigenvalue weighted by Gasteiger charge is -2.62. The third-order valence-electron chi connectivity index (χ3n) is 11.5. The number of aliphatic hydroxyl groups excluding tert-OH is 2. The summed E-state index contributed by atoms with van der Waals surface area (Å²) in [7, 11) is -5.26. The van der Waals surface area contributed by atoms with Gasteiger partial charge in [-0.25, -0.2) is 4.18 Å². The first-order chi connectivity index (χ1) is 22.5. The molecule has 0 aromatic rings. The summed E-state index contributed by atoms with van der Waals surface area (Å²) in [5, 5.41) is 45.7. The second-order valence-electron chi connectivity index (χ2n) is 14.6. The summed E-state index contributed by atoms with van der Waals surface area (Å²) in [6, 6.07) is 0. The van der Waals surface area contributed by atoms with Gasteiger partial charge in [-0.05, 0) is 79.6 Å². The maximum Gasteiger partial charge on any atom is 0.397 e. The van der Waals surface area contributed by atoms with Crippen LogP contribution in [0.3, 0.4) is 0 Å². The van der Waals surface area contributed by atoms with Crippen molar-refractivity contribution >= 4 is 34.7 Å². The molecule has 16 nitrogen and oxygen atoms in total. The molecule has 8 unspecified atom stereocenters. The van der Waals surface area contributed by atoms with Crippen LogP contribution >= 0.6 is 12.3 Å². The van der Waals surface area contributed by atoms with Crippen molar-refractivity contribution in [3.63, 3.8) is 0 Å². The van der Waals surface area contributed by atoms with E-state index in [0.717, 1.165) is 24.8 Å². The lowest BCUT2D eigenvalue weighted by molar-refractivity contribution is -0.777. The van der Waals surface area contributed by atoms with E-state index in [1.54, 1.807) is 13.8 Å². The summed E-state index contributed by atoms with van der Waals surface area (Å²) in [6.45, 7) is 8.91. The van der Waals surface area contributed by atoms with Crippen molar-refractivity contribution in [1.29, 1.82) is 0 Å². The van der Waals surface area contributed by atoms with E-state index in [9.17, 15) is 43.1 Å². The molecule has 1 heterocycles. The van der Waals surface area contributed by atoms with Gasteiger partial charge in [-0.2, -0.15) is 8.42 Å². The molecule has 274 valence electrons. The second kappa shape index (κ2) is 14.7. The van der Waals surface area contributed by atoms with Crippen LogP contribution in [0.2, 0.25) is 0 Å². The third-order valence-corrected chi connectivity index (χ3v) is 12.4. The highest BCUT2D eigenvalue weighted by Crippen LogP contribution is 2.70. The summed E-state index contributed by atoms with van der Waals surface area (Å²) < 4.78 is 66.1. The van der Waals surface area contributed by atoms with Crippen LogP contribution in [0.5, 0.6) is 0 Å². The fourth-order valence-electron chi connectivity index (χ4n) is 9.76. The average molecular weight is 726 g/mol. The number of hydrogen-bond donors (Lipinski definition) is 4. The number of esters is 1. The molecule has 4 N–H and O–H groups in total. The molecular formula is C30H45O16S2-. The standard InChI is InChI=1S/C30H46O16S2/c1-14(2)9-22(32)42-25-24(44-48(37,38)39)23(43-47-46-45-36)20(13-31)41-28(25)40-17-10-18(27(34)35)19-7-8-30-11-16(15(3)26(30)33)5-6-21(30)29(19,4)12-17/h14,16-21,23-26,28,31,33,36H,3,5-13H2,1-2,4H3,(H,34,35)(H,37,38,39)/p-1/t16?,17?,18?,19?,20-,21?,23-,24-,25?,26+,28+,29?,30?/m1/s1. The van der Waals surface area contributed by atoms with Gasteiger partial charge in [0.1, 0.15) is 12.2 Å². The van der Waals surface area contributed by atoms with Gasteiger partial charge in [0.25, 0.3) is 0 Å². The molecule has 4 aliphatic carbocycles. The van der Waals surface area contributed by atoms with Crippen molar-refractivity contribution in [2.75, 3.05) is 6.61 Å². The van der Waals surface area contributed by atoms with Gasteiger partial charge < -0.3 is 34.8 Å². The van der Waals surface area contributed by atoms with E-state index in [4.69, 9.17) is 22.6 Å². The quantitative estimate of drug-likeness (QED) is 0.0309. The maximum atomic E-state index is 13.0. The van der Waals surface area contributed by atoms with Gasteiger partial charge >= 0.3 is 22.3 Å². The number of carboxylic acid groups (broad SMARTS) is 1. The molecule has 1 spiro atoms. The van der Waals surface area contributed by atoms with Gasteiger partial charge in [0.2, 0.25) is 0 Å². The van der Waals surface area contributed by atoms with Crippen molar-refractivity contribution in [2.45, 2.75) is 115 Å². The molecule has 1 aliphatic heterocycles. The number of rotatable bonds is 13. The van der Waals surface area contributed by atoms with Crippen molar-refractivity contribution in [3.8, 4) is 0 Å². The highest BCUT2D eigenvalue weighted by atomic mass is 32.3. The van der Waals surface area contributed by atoms with E-state index >= 15 is 0 Å². The van der Waals surface area contributed by atoms with Gasteiger partial charge in [-0.3, -0.25) is 23.4 Å². The predicted octanol–water partition coefficient (Wildman–Crippen LogP) is 1.65. The Kier molecular flexibility index (Phi) is 11.6. The highest BCUT2D eigenvalue weighted by molar-refractivity contribution is 7.89. The largest absolute Gasteiger partial charge is 0.691 e. The van der Waals surface area contributed by atoms with Gasteiger partial charge in [0, 0.05) is 11.8 Å². The molecule has 0 radical (unpaired) electrons. The molecule has 1 saturated heterocycles. The predicted molar refractivity (Wildman–Crippen MR) is 161 cm³/mol. The number of carbonyl (C=O) groups excluding carboxylic acids is 1. The smallest absolute Gasteiger partial charge is 0.397 e. The Morgan fingerprint density at radius 2 is 1.90 bits per heavy atom. The average Bonchev–Trinajstić information content (AvgIpc) is 3.16. The number of carbonyl (C=O) groups is 2. The van der Waals surface area contributed by atoms with Crippen molar-refractivity contribution in [2.24, 2.45) is 40.4 Å². The Balaban J connectivity index is 1.49. The van der Waals surface area contributed by atoms with Crippen LogP contribution in [0.4, 0.5) is 0 Å². The van der Waals surface area contributed by atoms with Crippen LogP contribution in [0.25, 0.3) is 0 Å². The fraction of sp³-hybridized carbons (Fsp3) is 0.867. The number of hydrogen-bond acceptors (Lipinski definition) is 15. The molecule has 48 heavy (non-hydrogen) atoms. The van der Waals surface area contributed by atoms with E-state index in [1.807, 2.05) is 6.92 Å². The Morgan fingerprint density at radius 1 is 1.17 bits per heavy atom. The monoisotopic (exact) mass is 725 g/mol. The van der Waals surface area contributed by atoms with E-state index < -0.39 is 88.6 Å². The number of carboxylic acids is 1. The fourth-order valence-corrected chi connectivity index (χ4v) is 10.6. The van der Waals surface area contributed by atoms with Gasteiger partial charge in [0.15, 0.2) is 30.8 Å². The summed E-state index contributed by atoms with van der Waals surface area (Å²) in [4.78, 5) is 25.7. The molecule has 0 aromatic heterocycles. The van der Waals surface area contributed by atoms with Gasteiger partial charge in [-0.15, -0.1) is 4.33 Å². The summed E-state index contributed by atoms with van der Waals surface area (Å²) in [5.74, 6) is -2.84. The van der Waals surface area contributed by atoms with Crippen LogP contribution in [-0.4, -0.2) is 89.7 Å². The molecule has 18 heteroatoms. The number of aliphatic carboxylic acids is 1. The van der Waals surface area contributed by atoms with E-state index in [-0.39, 0.29) is 48.8 Å². The molecule has 5 aliphatic rings. The zero-order chi connectivity index (χ0) is 35.2. The van der Waals surface area contributed by atoms with Crippen LogP contribution in [0, 0.1) is 40.4 Å². The summed E-state index contributed by atoms with van der Waals surface area (Å²) in [5.41, 5.74) is -0.194. The second-order valence-corrected chi connectivity index (χ2v) is 16.1. The van der Waals surface area contributed by atoms with Crippen LogP contribution < -0.4 is 5.26 Å². The molecule has 5 rings (SSSR count). The van der Waals surface area contributed by atoms with Crippen LogP contribution in [0.1, 0.15) is 72.1 Å². The SMILES string of the molecule is C=C1C2CCC3C4(C)CC(O[C@H]5O[C@H](CO)[C@@H](OSOO[O-])[C@@H](OS(=O)(=O)O)C5OC(=O)CC(C)C)CC(C(=O)O)C4CCC3(C2)[C@H]1O. The zero-order valence-electron chi connectivity index (χ0n) is 27.0. The summed E-state index contributed by atoms with van der Waals surface area (Å²) in [6.07, 6.45) is -5.88. The lowest BCUT2D eigenvalue weighted by atomic mass is 9.43. The topological polar surface area (TPSA) is 237 Å². The highest BCUT2D eigenvalue weighted by Gasteiger charge is 2.67. The van der Waals surface area contributed by atoms with E-state index in [0.29, 0.717) is 19.3 Å². The van der Waals surface area contributed by atoms with E-state index in [2.05, 4.69) is 16.0 Å². The van der Waals surface area contributed by atoms with E-state index in [1.165, 1.54) is 0 Å². The molecule has 0 aromatic carbocycles. The molecule has 4 saturated carbocycles. The number of ether oxygens (including phenoxy) is 3. The normalized spacial score (nSPS) is 42.7. The molecular weight excluding hydrogens is 680 g/mol. The first-order valence-corrected chi connectivity index (χ1v) is 18.2. The summed E-state index contributed by atoms with van der Waals surface area (Å²) >= 11 is -0.0471. The number of aliphatic hydroxyl groups is 2. The molecule has 0 amide bonds. The first kappa shape index (κ1) is 37.8. The Hall–Kier alpha value is -1.42. The maximum absolute atomic E-state index is 13.0. The lowest BCUT2D eigenvalue weighted by Crippen LogP contribution is -2.63. The van der Waals surface area contributed by atoms with Crippen molar-refractivity contribution < 1.29 is 75.1 Å². The van der Waals surface area contributed by atoms with Gasteiger partial charge in [-0.1, -0.05) is 27.4 Å². The zero-order valence-corrected chi connectivity index (χ0v) is 28.6. The first-order valence-electron chi connectivity index (χ1n) is 16.2. The van der Waals surface area contributed by atoms with Crippen molar-refractivity contribution in [3.05, 3.63) is 12.2 Å². The van der Waals surface area contributed by atoms with Crippen LogP contribution in [0.15, 0.2) is 12.2 Å². The van der Waals surface area contributed by atoms with Crippen molar-refractivity contribution in [1.82, 2.24) is 0 Å². The molecule has 5 fully saturated rings.